The van der Waals surface area contributed by atoms with Crippen LogP contribution in [0.4, 0.5) is 0 Å². The van der Waals surface area contributed by atoms with Crippen LogP contribution in [0.3, 0.4) is 0 Å². The van der Waals surface area contributed by atoms with Gasteiger partial charge in [-0.2, -0.15) is 0 Å². The van der Waals surface area contributed by atoms with E-state index in [0.717, 1.165) is 6.42 Å². The van der Waals surface area contributed by atoms with E-state index in [1.807, 2.05) is 3.21 Å². The van der Waals surface area contributed by atoms with E-state index in [9.17, 15) is 0 Å². The molecular weight excluding hydrogens is 379 g/mol. The summed E-state index contributed by atoms with van der Waals surface area (Å²) in [6.45, 7) is 4.51. The Balaban J connectivity index is 1.73. The van der Waals surface area contributed by atoms with Gasteiger partial charge in [-0.25, -0.2) is 0 Å². The fourth-order valence-electron chi connectivity index (χ4n) is 4.58. The van der Waals surface area contributed by atoms with Crippen LogP contribution in [0.1, 0.15) is 47.9 Å². The standard InChI is InChI=1S/C15H13.C5H5.C4H6.Zr/c1-10-3-5-12-9-13-6-4-11(2)8-15(13)14(12)7-10;1-2-4-5-3-1;1-2-4-3-1;/h3-5,7-8H,9H2,1-2H3;1-3H,4H2;1-3H2;. The molecule has 0 bridgehead atoms. The average Bonchev–Trinajstić information content (AvgIpc) is 3.18. The molecule has 3 aliphatic rings. The first kappa shape index (κ1) is 15.9. The summed E-state index contributed by atoms with van der Waals surface area (Å²) in [5, 5.41) is 0. The zero-order valence-corrected chi connectivity index (χ0v) is 17.6. The molecule has 3 aliphatic carbocycles. The van der Waals surface area contributed by atoms with Gasteiger partial charge >= 0.3 is 159 Å². The second-order valence-corrected chi connectivity index (χ2v) is 14.3. The second-order valence-electron chi connectivity index (χ2n) is 7.83. The quantitative estimate of drug-likeness (QED) is 0.543. The average molecular weight is 404 g/mol. The molecule has 25 heavy (non-hydrogen) atoms. The van der Waals surface area contributed by atoms with Crippen LogP contribution in [-0.2, 0) is 27.7 Å². The second kappa shape index (κ2) is 6.13. The summed E-state index contributed by atoms with van der Waals surface area (Å²) in [5.74, 6) is 0. The van der Waals surface area contributed by atoms with Crippen molar-refractivity contribution in [1.82, 2.24) is 0 Å². The van der Waals surface area contributed by atoms with Gasteiger partial charge in [0.2, 0.25) is 0 Å². The van der Waals surface area contributed by atoms with Gasteiger partial charge in [0.05, 0.1) is 0 Å². The zero-order valence-electron chi connectivity index (χ0n) is 15.2. The summed E-state index contributed by atoms with van der Waals surface area (Å²) in [4.78, 5) is 0. The third-order valence-electron chi connectivity index (χ3n) is 5.99. The Kier molecular flexibility index (Phi) is 3.90. The van der Waals surface area contributed by atoms with Gasteiger partial charge in [-0.05, 0) is 0 Å². The maximum atomic E-state index is 2.57. The molecule has 5 rings (SSSR count). The maximum absolute atomic E-state index is 2.57. The van der Waals surface area contributed by atoms with Gasteiger partial charge in [0, 0.05) is 0 Å². The van der Waals surface area contributed by atoms with Crippen LogP contribution in [0.2, 0.25) is 0 Å². The van der Waals surface area contributed by atoms with Crippen molar-refractivity contribution in [2.24, 2.45) is 0 Å². The van der Waals surface area contributed by atoms with Crippen molar-refractivity contribution in [2.75, 3.05) is 0 Å². The fraction of sp³-hybridized carbons (Fsp3) is 0.292. The molecule has 1 fully saturated rings. The molecule has 0 radical (unpaired) electrons. The summed E-state index contributed by atoms with van der Waals surface area (Å²) < 4.78 is 5.55. The van der Waals surface area contributed by atoms with E-state index in [4.69, 9.17) is 0 Å². The van der Waals surface area contributed by atoms with Crippen molar-refractivity contribution in [3.63, 3.8) is 0 Å². The normalized spacial score (nSPS) is 17.2. The monoisotopic (exact) mass is 402 g/mol. The molecule has 0 aliphatic heterocycles. The Morgan fingerprint density at radius 3 is 2.48 bits per heavy atom. The third kappa shape index (κ3) is 2.63. The number of hydrogen-bond acceptors (Lipinski definition) is 0. The molecule has 0 saturated heterocycles. The van der Waals surface area contributed by atoms with Crippen molar-refractivity contribution in [3.8, 4) is 11.1 Å². The van der Waals surface area contributed by atoms with Crippen molar-refractivity contribution >= 4 is 6.48 Å². The van der Waals surface area contributed by atoms with Crippen LogP contribution >= 0.6 is 0 Å². The van der Waals surface area contributed by atoms with E-state index in [1.165, 1.54) is 47.9 Å². The van der Waals surface area contributed by atoms with E-state index in [1.54, 1.807) is 17.7 Å². The number of hydrogen-bond donors (Lipinski definition) is 0. The predicted octanol–water partition coefficient (Wildman–Crippen LogP) is 5.32. The topological polar surface area (TPSA) is 0 Å². The Morgan fingerprint density at radius 1 is 0.920 bits per heavy atom. The first-order valence-corrected chi connectivity index (χ1v) is 13.2. The minimum absolute atomic E-state index is 1.15. The van der Waals surface area contributed by atoms with Crippen LogP contribution < -0.4 is 3.27 Å². The minimum atomic E-state index is -1.86. The summed E-state index contributed by atoms with van der Waals surface area (Å²) in [6, 6.07) is 12.1. The van der Waals surface area contributed by atoms with Gasteiger partial charge in [0.25, 0.3) is 0 Å². The van der Waals surface area contributed by atoms with Gasteiger partial charge in [-0.15, -0.1) is 0 Å². The molecule has 1 heteroatoms. The Labute approximate surface area is 158 Å². The molecule has 0 nitrogen and oxygen atoms in total. The van der Waals surface area contributed by atoms with Gasteiger partial charge < -0.3 is 0 Å². The zero-order chi connectivity index (χ0) is 17.0. The van der Waals surface area contributed by atoms with E-state index in [0.29, 0.717) is 0 Å². The molecule has 0 atom stereocenters. The molecule has 2 aromatic rings. The molecule has 0 aromatic heterocycles. The number of benzene rings is 2. The number of aryl methyl sites for hydroxylation is 2. The van der Waals surface area contributed by atoms with Crippen molar-refractivity contribution in [3.05, 3.63) is 74.1 Å². The Bertz CT molecular complexity index is 979. The number of rotatable bonds is 2. The van der Waals surface area contributed by atoms with Crippen LogP contribution in [-0.4, -0.2) is 3.21 Å². The van der Waals surface area contributed by atoms with Crippen LogP contribution in [0.25, 0.3) is 11.1 Å². The molecule has 0 amide bonds. The molecule has 0 spiro atoms. The Morgan fingerprint density at radius 2 is 1.76 bits per heavy atom. The SMILES string of the molecule is Cc1ccc2c(c1)-c1cc(C)c[c]([Zr]([C]3=CC=CC3)=[C]3CCC3)c1C2. The molecule has 2 aromatic carbocycles. The van der Waals surface area contributed by atoms with Gasteiger partial charge in [-0.3, -0.25) is 0 Å². The van der Waals surface area contributed by atoms with Crippen molar-refractivity contribution < 1.29 is 21.3 Å². The van der Waals surface area contributed by atoms with Crippen LogP contribution in [0.15, 0.2) is 51.8 Å². The summed E-state index contributed by atoms with van der Waals surface area (Å²) >= 11 is -1.86. The first-order chi connectivity index (χ1) is 12.2. The van der Waals surface area contributed by atoms with Gasteiger partial charge in [-0.1, -0.05) is 0 Å². The first-order valence-electron chi connectivity index (χ1n) is 9.52. The van der Waals surface area contributed by atoms with Gasteiger partial charge in [0.1, 0.15) is 0 Å². The van der Waals surface area contributed by atoms with E-state index in [-0.39, 0.29) is 0 Å². The number of fused-ring (bicyclic) bond motifs is 3. The molecule has 1 saturated carbocycles. The van der Waals surface area contributed by atoms with E-state index < -0.39 is 21.3 Å². The molecule has 0 heterocycles. The van der Waals surface area contributed by atoms with E-state index in [2.05, 4.69) is 62.4 Å². The molecule has 0 unspecified atom stereocenters. The van der Waals surface area contributed by atoms with Crippen LogP contribution in [0, 0.1) is 13.8 Å². The molecular formula is C24H24Zr. The summed E-state index contributed by atoms with van der Waals surface area (Å²) in [6.07, 6.45) is 13.7. The summed E-state index contributed by atoms with van der Waals surface area (Å²) in [7, 11) is 0. The fourth-order valence-corrected chi connectivity index (χ4v) is 13.2. The predicted molar refractivity (Wildman–Crippen MR) is 104 cm³/mol. The van der Waals surface area contributed by atoms with E-state index >= 15 is 0 Å². The number of allylic oxidation sites excluding steroid dienone is 4. The summed E-state index contributed by atoms with van der Waals surface area (Å²) in [5.41, 5.74) is 9.08. The Hall–Kier alpha value is -1.33. The van der Waals surface area contributed by atoms with Crippen molar-refractivity contribution in [1.29, 1.82) is 0 Å². The molecule has 124 valence electrons. The van der Waals surface area contributed by atoms with Gasteiger partial charge in [0.15, 0.2) is 0 Å². The van der Waals surface area contributed by atoms with Crippen molar-refractivity contribution in [2.45, 2.75) is 46.0 Å². The molecule has 0 N–H and O–H groups in total. The van der Waals surface area contributed by atoms with Crippen LogP contribution in [0.5, 0.6) is 0 Å². The third-order valence-corrected chi connectivity index (χ3v) is 13.9.